The van der Waals surface area contributed by atoms with Crippen molar-refractivity contribution >= 4 is 50.4 Å². The standard InChI is InChI=1S/C25H22F4N6O2.C20H19BrF3N5O/c1-14-10-15(2-6-18(14)24(36)33-16-3-4-16)20-13-32-23-19(30-9-8-25(27,28)29)11-22(34-35(20)23)37-17-5-7-21(26)31-12-17;1-11-8-12(2-5-14(11)19(30)27-13-3-4-13)16-10-26-18-15(9-17(21)28-29(16)18)25-7-6-20(22,23)24/h2,5-7,10-13,16,30H,3-4,8-9H2,1H3,(H,33,36);2,5,8-10,13,25H,3-4,6-7H2,1H3,(H,27,30). The predicted molar refractivity (Wildman–Crippen MR) is 238 cm³/mol. The summed E-state index contributed by atoms with van der Waals surface area (Å²) in [5.41, 5.74) is 6.87. The van der Waals surface area contributed by atoms with Gasteiger partial charge in [0, 0.05) is 53.5 Å². The molecule has 0 aliphatic heterocycles. The fourth-order valence-corrected chi connectivity index (χ4v) is 7.33. The average Bonchev–Trinajstić information content (AvgIpc) is 4.17. The van der Waals surface area contributed by atoms with Gasteiger partial charge in [0.25, 0.3) is 11.8 Å². The predicted octanol–water partition coefficient (Wildman–Crippen LogP) is 10.0. The molecular weight excluding hydrogens is 955 g/mol. The smallest absolute Gasteiger partial charge is 0.390 e. The summed E-state index contributed by atoms with van der Waals surface area (Å²) in [6, 6.07) is 16.8. The van der Waals surface area contributed by atoms with Gasteiger partial charge in [-0.05, 0) is 109 Å². The molecule has 0 radical (unpaired) electrons. The van der Waals surface area contributed by atoms with Crippen LogP contribution in [-0.4, -0.2) is 83.5 Å². The number of benzene rings is 2. The van der Waals surface area contributed by atoms with Gasteiger partial charge in [0.05, 0.1) is 54.2 Å². The normalized spacial score (nSPS) is 13.8. The topological polar surface area (TPSA) is 165 Å². The van der Waals surface area contributed by atoms with Gasteiger partial charge in [-0.3, -0.25) is 9.59 Å². The third-order valence-corrected chi connectivity index (χ3v) is 11.0. The SMILES string of the molecule is Cc1cc(-c2cnc3c(NCCC(F)(F)F)cc(Br)nn23)ccc1C(=O)NC1CC1.Cc1cc(-c2cnc3c(NCCC(F)(F)F)cc(Oc4ccc(F)nc4)nn23)ccc1C(=O)NC1CC1. The van der Waals surface area contributed by atoms with E-state index in [0.717, 1.165) is 48.4 Å². The Labute approximate surface area is 385 Å². The zero-order chi connectivity index (χ0) is 47.6. The second-order valence-electron chi connectivity index (χ2n) is 16.1. The maximum absolute atomic E-state index is 13.2. The number of carbonyl (C=O) groups excluding carboxylic acids is 2. The van der Waals surface area contributed by atoms with E-state index in [1.807, 2.05) is 32.0 Å². The quantitative estimate of drug-likeness (QED) is 0.0609. The second kappa shape index (κ2) is 19.2. The molecule has 2 fully saturated rings. The van der Waals surface area contributed by atoms with Crippen LogP contribution >= 0.6 is 15.9 Å². The number of fused-ring (bicyclic) bond motifs is 2. The van der Waals surface area contributed by atoms with Gasteiger partial charge in [-0.1, -0.05) is 12.1 Å². The van der Waals surface area contributed by atoms with E-state index >= 15 is 0 Å². The number of hydrogen-bond acceptors (Lipinski definition) is 10. The summed E-state index contributed by atoms with van der Waals surface area (Å²) < 4.78 is 98.0. The summed E-state index contributed by atoms with van der Waals surface area (Å²) in [4.78, 5) is 37.1. The second-order valence-corrected chi connectivity index (χ2v) is 16.9. The molecule has 2 amide bonds. The monoisotopic (exact) mass is 995 g/mol. The third-order valence-electron chi connectivity index (χ3n) is 10.6. The molecule has 0 bridgehead atoms. The first kappa shape index (κ1) is 46.7. The highest BCUT2D eigenvalue weighted by Gasteiger charge is 2.29. The molecule has 67 heavy (non-hydrogen) atoms. The lowest BCUT2D eigenvalue weighted by atomic mass is 10.0. The van der Waals surface area contributed by atoms with Gasteiger partial charge in [-0.2, -0.15) is 35.8 Å². The molecule has 14 nitrogen and oxygen atoms in total. The molecular formula is C45H41BrF7N11O3. The number of anilines is 2. The van der Waals surface area contributed by atoms with Gasteiger partial charge < -0.3 is 26.0 Å². The first-order chi connectivity index (χ1) is 31.9. The van der Waals surface area contributed by atoms with Crippen molar-refractivity contribution in [2.24, 2.45) is 0 Å². The molecule has 4 N–H and O–H groups in total. The highest BCUT2D eigenvalue weighted by atomic mass is 79.9. The number of hydrogen-bond donors (Lipinski definition) is 4. The lowest BCUT2D eigenvalue weighted by Gasteiger charge is -2.13. The fourth-order valence-electron chi connectivity index (χ4n) is 6.95. The van der Waals surface area contributed by atoms with Crippen LogP contribution in [0.15, 0.2) is 83.9 Å². The van der Waals surface area contributed by atoms with Crippen LogP contribution in [0.2, 0.25) is 0 Å². The number of aryl methyl sites for hydroxylation is 2. The van der Waals surface area contributed by atoms with Crippen LogP contribution in [0.5, 0.6) is 11.6 Å². The van der Waals surface area contributed by atoms with E-state index in [1.54, 1.807) is 41.2 Å². The number of pyridine rings is 1. The van der Waals surface area contributed by atoms with Crippen LogP contribution in [0.4, 0.5) is 42.1 Å². The highest BCUT2D eigenvalue weighted by molar-refractivity contribution is 9.10. The van der Waals surface area contributed by atoms with Gasteiger partial charge in [-0.25, -0.2) is 24.0 Å². The van der Waals surface area contributed by atoms with E-state index < -0.39 is 31.1 Å². The van der Waals surface area contributed by atoms with Crippen molar-refractivity contribution in [1.82, 2.24) is 44.8 Å². The number of nitrogens with zero attached hydrogens (tertiary/aromatic N) is 7. The molecule has 2 aliphatic carbocycles. The number of nitrogens with one attached hydrogen (secondary N) is 4. The molecule has 5 aromatic heterocycles. The number of ether oxygens (including phenoxy) is 1. The summed E-state index contributed by atoms with van der Waals surface area (Å²) >= 11 is 3.31. The number of aromatic nitrogens is 7. The number of rotatable bonds is 14. The maximum Gasteiger partial charge on any atom is 0.390 e. The Bertz CT molecular complexity index is 2950. The van der Waals surface area contributed by atoms with Crippen molar-refractivity contribution in [3.8, 4) is 34.1 Å². The Morgan fingerprint density at radius 2 is 1.16 bits per heavy atom. The Hall–Kier alpha value is -6.84. The summed E-state index contributed by atoms with van der Waals surface area (Å²) in [5, 5.41) is 20.3. The van der Waals surface area contributed by atoms with Crippen molar-refractivity contribution in [2.45, 2.75) is 76.8 Å². The number of alkyl halides is 6. The van der Waals surface area contributed by atoms with Crippen molar-refractivity contribution in [2.75, 3.05) is 23.7 Å². The molecule has 0 spiro atoms. The Morgan fingerprint density at radius 3 is 1.61 bits per heavy atom. The van der Waals surface area contributed by atoms with E-state index in [4.69, 9.17) is 4.74 Å². The van der Waals surface area contributed by atoms with Gasteiger partial charge in [0.2, 0.25) is 11.8 Å². The van der Waals surface area contributed by atoms with Crippen LogP contribution in [0.3, 0.4) is 0 Å². The molecule has 350 valence electrons. The minimum atomic E-state index is -4.33. The van der Waals surface area contributed by atoms with E-state index in [1.165, 1.54) is 22.8 Å². The number of imidazole rings is 2. The minimum absolute atomic E-state index is 0.0341. The number of carbonyl (C=O) groups is 2. The van der Waals surface area contributed by atoms with Crippen molar-refractivity contribution in [1.29, 1.82) is 0 Å². The largest absolute Gasteiger partial charge is 0.436 e. The van der Waals surface area contributed by atoms with E-state index in [-0.39, 0.29) is 60.0 Å². The zero-order valence-corrected chi connectivity index (χ0v) is 37.3. The van der Waals surface area contributed by atoms with E-state index in [0.29, 0.717) is 44.0 Å². The van der Waals surface area contributed by atoms with Crippen molar-refractivity contribution < 1.29 is 45.1 Å². The molecule has 5 heterocycles. The highest BCUT2D eigenvalue weighted by Crippen LogP contribution is 2.32. The van der Waals surface area contributed by atoms with Gasteiger partial charge in [-0.15, -0.1) is 5.10 Å². The Morgan fingerprint density at radius 1 is 0.672 bits per heavy atom. The van der Waals surface area contributed by atoms with Crippen LogP contribution in [0, 0.1) is 19.8 Å². The van der Waals surface area contributed by atoms with Gasteiger partial charge >= 0.3 is 12.4 Å². The summed E-state index contributed by atoms with van der Waals surface area (Å²) in [6.45, 7) is 3.04. The first-order valence-electron chi connectivity index (χ1n) is 21.0. The van der Waals surface area contributed by atoms with Crippen LogP contribution in [0.25, 0.3) is 33.8 Å². The molecule has 2 aliphatic rings. The van der Waals surface area contributed by atoms with Crippen LogP contribution < -0.4 is 26.0 Å². The molecule has 0 unspecified atom stereocenters. The van der Waals surface area contributed by atoms with Crippen molar-refractivity contribution in [3.63, 3.8) is 0 Å². The summed E-state index contributed by atoms with van der Waals surface area (Å²) in [5.74, 6) is -0.684. The van der Waals surface area contributed by atoms with Gasteiger partial charge in [0.15, 0.2) is 11.3 Å². The fraction of sp³-hybridized carbons (Fsp3) is 0.311. The lowest BCUT2D eigenvalue weighted by Crippen LogP contribution is -2.26. The molecule has 2 saturated carbocycles. The lowest BCUT2D eigenvalue weighted by molar-refractivity contribution is -0.132. The number of halogens is 8. The van der Waals surface area contributed by atoms with Crippen molar-refractivity contribution in [3.05, 3.63) is 112 Å². The Balaban J connectivity index is 0.000000186. The third kappa shape index (κ3) is 12.0. The Kier molecular flexibility index (Phi) is 13.4. The molecule has 22 heteroatoms. The molecule has 2 aromatic carbocycles. The first-order valence-corrected chi connectivity index (χ1v) is 21.8. The summed E-state index contributed by atoms with van der Waals surface area (Å²) in [7, 11) is 0. The average molecular weight is 997 g/mol. The van der Waals surface area contributed by atoms with Crippen LogP contribution in [0.1, 0.15) is 70.4 Å². The zero-order valence-electron chi connectivity index (χ0n) is 35.7. The van der Waals surface area contributed by atoms with E-state index in [2.05, 4.69) is 62.3 Å². The molecule has 0 saturated heterocycles. The minimum Gasteiger partial charge on any atom is -0.436 e. The molecule has 7 aromatic rings. The van der Waals surface area contributed by atoms with Gasteiger partial charge in [0.1, 0.15) is 10.4 Å². The number of amides is 2. The molecule has 9 rings (SSSR count). The molecule has 0 atom stereocenters. The summed E-state index contributed by atoms with van der Waals surface area (Å²) in [6.07, 6.45) is -2.24. The van der Waals surface area contributed by atoms with E-state index in [9.17, 15) is 40.3 Å². The van der Waals surface area contributed by atoms with Crippen LogP contribution in [-0.2, 0) is 0 Å². The maximum atomic E-state index is 13.2.